The molecule has 4 heterocycles. The summed E-state index contributed by atoms with van der Waals surface area (Å²) in [4.78, 5) is 36.0. The Morgan fingerprint density at radius 1 is 0.887 bits per heavy atom. The summed E-state index contributed by atoms with van der Waals surface area (Å²) in [5.41, 5.74) is 1.77. The van der Waals surface area contributed by atoms with Crippen molar-refractivity contribution in [1.29, 1.82) is 0 Å². The van der Waals surface area contributed by atoms with Gasteiger partial charge in [0, 0.05) is 40.2 Å². The van der Waals surface area contributed by atoms with E-state index >= 15 is 0 Å². The molecule has 17 atom stereocenters. The van der Waals surface area contributed by atoms with Crippen molar-refractivity contribution in [2.45, 2.75) is 168 Å². The Labute approximate surface area is 314 Å². The fraction of sp³-hybridized carbons (Fsp3) is 0.878. The van der Waals surface area contributed by atoms with Gasteiger partial charge in [-0.3, -0.25) is 24.4 Å². The maximum absolute atomic E-state index is 12.2. The summed E-state index contributed by atoms with van der Waals surface area (Å²) in [6, 6.07) is 0. The van der Waals surface area contributed by atoms with E-state index in [1.807, 2.05) is 0 Å². The second-order valence-corrected chi connectivity index (χ2v) is 18.5. The van der Waals surface area contributed by atoms with Gasteiger partial charge >= 0.3 is 17.9 Å². The standard InChI is InChI=1S/C41H61NO11/c1-21-11-16-41(42-19-21)22(2)33-31(51-41)18-30-28-10-9-26-17-27(12-14-38(26,6)29(28)13-15-39(30,33)7)50-40(8)52-36-35(48-25(5)45)34(47-24(4)44)32(20-46-23(3)43)49-37(36)53-40/h9,21-22,27-37,42H,10-20H2,1-8H3/t21-,22-,27+,28+,29-,30-,31-,32+,33-,34+,35-,36+,37+,38-,39-,40+,41+/m0/s1. The largest absolute Gasteiger partial charge is 0.463 e. The second kappa shape index (κ2) is 13.5. The van der Waals surface area contributed by atoms with E-state index in [9.17, 15) is 14.4 Å². The molecule has 1 spiro atoms. The van der Waals surface area contributed by atoms with Gasteiger partial charge in [0.05, 0.1) is 12.2 Å². The van der Waals surface area contributed by atoms with Crippen molar-refractivity contribution >= 4 is 17.9 Å². The van der Waals surface area contributed by atoms with Crippen molar-refractivity contribution in [2.75, 3.05) is 13.2 Å². The zero-order valence-electron chi connectivity index (χ0n) is 32.9. The molecule has 4 saturated heterocycles. The molecule has 3 saturated carbocycles. The summed E-state index contributed by atoms with van der Waals surface area (Å²) < 4.78 is 49.0. The van der Waals surface area contributed by atoms with Crippen LogP contribution >= 0.6 is 0 Å². The van der Waals surface area contributed by atoms with E-state index in [1.165, 1.54) is 52.0 Å². The molecule has 7 fully saturated rings. The molecule has 8 rings (SSSR count). The number of carbonyl (C=O) groups is 3. The molecule has 4 aliphatic heterocycles. The van der Waals surface area contributed by atoms with Crippen LogP contribution in [0.15, 0.2) is 11.6 Å². The number of hydrogen-bond acceptors (Lipinski definition) is 12. The van der Waals surface area contributed by atoms with Crippen LogP contribution in [0.3, 0.4) is 0 Å². The van der Waals surface area contributed by atoms with Gasteiger partial charge in [-0.15, -0.1) is 0 Å². The number of ether oxygens (including phenoxy) is 8. The summed E-state index contributed by atoms with van der Waals surface area (Å²) in [5, 5.41) is 3.89. The van der Waals surface area contributed by atoms with Crippen LogP contribution in [0.5, 0.6) is 0 Å². The molecule has 0 aromatic rings. The molecule has 53 heavy (non-hydrogen) atoms. The van der Waals surface area contributed by atoms with Crippen LogP contribution in [0.25, 0.3) is 0 Å². The molecule has 0 aromatic carbocycles. The Balaban J connectivity index is 0.951. The Kier molecular flexibility index (Phi) is 9.66. The summed E-state index contributed by atoms with van der Waals surface area (Å²) >= 11 is 0. The lowest BCUT2D eigenvalue weighted by molar-refractivity contribution is -0.360. The molecule has 4 aliphatic carbocycles. The van der Waals surface area contributed by atoms with Gasteiger partial charge in [0.1, 0.15) is 18.4 Å². The highest BCUT2D eigenvalue weighted by Crippen LogP contribution is 2.70. The van der Waals surface area contributed by atoms with E-state index in [4.69, 9.17) is 37.9 Å². The van der Waals surface area contributed by atoms with Gasteiger partial charge in [-0.1, -0.05) is 39.3 Å². The predicted molar refractivity (Wildman–Crippen MR) is 189 cm³/mol. The number of carbonyl (C=O) groups excluding carboxylic acids is 3. The molecular weight excluding hydrogens is 682 g/mol. The Hall–Kier alpha value is -2.09. The molecule has 8 aliphatic rings. The molecule has 296 valence electrons. The van der Waals surface area contributed by atoms with Crippen molar-refractivity contribution in [3.05, 3.63) is 11.6 Å². The number of esters is 3. The van der Waals surface area contributed by atoms with Gasteiger partial charge in [0.2, 0.25) is 0 Å². The van der Waals surface area contributed by atoms with Gasteiger partial charge in [0.15, 0.2) is 24.6 Å². The summed E-state index contributed by atoms with van der Waals surface area (Å²) in [6.07, 6.45) is 7.53. The second-order valence-electron chi connectivity index (χ2n) is 18.5. The number of allylic oxidation sites excluding steroid dienone is 1. The molecule has 0 aromatic heterocycles. The first-order chi connectivity index (χ1) is 25.0. The minimum Gasteiger partial charge on any atom is -0.463 e. The van der Waals surface area contributed by atoms with E-state index in [0.29, 0.717) is 47.0 Å². The topological polar surface area (TPSA) is 137 Å². The van der Waals surface area contributed by atoms with E-state index in [-0.39, 0.29) is 23.9 Å². The van der Waals surface area contributed by atoms with Crippen molar-refractivity contribution in [3.8, 4) is 0 Å². The average Bonchev–Trinajstić information content (AvgIpc) is 3.67. The number of piperidine rings is 1. The van der Waals surface area contributed by atoms with E-state index in [2.05, 4.69) is 39.1 Å². The zero-order valence-corrected chi connectivity index (χ0v) is 32.9. The van der Waals surface area contributed by atoms with E-state index in [1.54, 1.807) is 6.92 Å². The quantitative estimate of drug-likeness (QED) is 0.208. The first-order valence-corrected chi connectivity index (χ1v) is 20.3. The first kappa shape index (κ1) is 37.8. The first-order valence-electron chi connectivity index (χ1n) is 20.3. The lowest BCUT2D eigenvalue weighted by atomic mass is 9.47. The smallest absolute Gasteiger partial charge is 0.303 e. The summed E-state index contributed by atoms with van der Waals surface area (Å²) in [7, 11) is 0. The van der Waals surface area contributed by atoms with Gasteiger partial charge in [-0.2, -0.15) is 0 Å². The molecule has 0 bridgehead atoms. The predicted octanol–water partition coefficient (Wildman–Crippen LogP) is 5.55. The van der Waals surface area contributed by atoms with Crippen molar-refractivity contribution in [1.82, 2.24) is 5.32 Å². The van der Waals surface area contributed by atoms with Crippen molar-refractivity contribution in [2.24, 2.45) is 46.3 Å². The van der Waals surface area contributed by atoms with Crippen LogP contribution in [0.2, 0.25) is 0 Å². The molecule has 1 N–H and O–H groups in total. The molecular formula is C41H61NO11. The maximum Gasteiger partial charge on any atom is 0.303 e. The average molecular weight is 744 g/mol. The minimum absolute atomic E-state index is 0.119. The van der Waals surface area contributed by atoms with Gasteiger partial charge in [0.25, 0.3) is 5.97 Å². The molecule has 12 nitrogen and oxygen atoms in total. The Morgan fingerprint density at radius 3 is 2.34 bits per heavy atom. The molecule has 0 unspecified atom stereocenters. The highest BCUT2D eigenvalue weighted by atomic mass is 16.9. The number of fused-ring (bicyclic) bond motifs is 8. The highest BCUT2D eigenvalue weighted by molar-refractivity contribution is 5.68. The zero-order chi connectivity index (χ0) is 37.7. The van der Waals surface area contributed by atoms with E-state index < -0.39 is 54.6 Å². The van der Waals surface area contributed by atoms with Gasteiger partial charge in [-0.05, 0) is 98.2 Å². The Bertz CT molecular complexity index is 1490. The fourth-order valence-electron chi connectivity index (χ4n) is 12.9. The minimum atomic E-state index is -1.51. The van der Waals surface area contributed by atoms with Crippen LogP contribution in [0.4, 0.5) is 0 Å². The van der Waals surface area contributed by atoms with Crippen LogP contribution in [-0.4, -0.2) is 85.7 Å². The number of nitrogens with one attached hydrogen (secondary N) is 1. The lowest BCUT2D eigenvalue weighted by Gasteiger charge is -2.58. The Morgan fingerprint density at radius 2 is 1.64 bits per heavy atom. The van der Waals surface area contributed by atoms with Crippen LogP contribution in [0, 0.1) is 46.3 Å². The number of hydrogen-bond donors (Lipinski definition) is 1. The fourth-order valence-corrected chi connectivity index (χ4v) is 12.9. The molecule has 12 heteroatoms. The maximum atomic E-state index is 12.2. The number of rotatable bonds is 6. The molecule has 0 radical (unpaired) electrons. The lowest BCUT2D eigenvalue weighted by Crippen LogP contribution is -2.60. The van der Waals surface area contributed by atoms with Crippen molar-refractivity contribution in [3.63, 3.8) is 0 Å². The van der Waals surface area contributed by atoms with Gasteiger partial charge < -0.3 is 33.2 Å². The summed E-state index contributed by atoms with van der Waals surface area (Å²) in [5.74, 6) is 0.612. The summed E-state index contributed by atoms with van der Waals surface area (Å²) in [6.45, 7) is 16.3. The SMILES string of the molecule is CC(=O)OC[C@H]1O[C@@H]2O[C@](C)(O[C@@H]3CC[C@@]4(C)C(=CC[C@H]5[C@@H]6C[C@@H]7O[C@]8(CC[C@H](C)CN8)[C@@H](C)[C@@H]7[C@@]6(C)CC[C@@H]54)C3)O[C@@H]2[C@@H](OC(C)=O)[C@@H]1OC(C)=O. The molecule has 0 amide bonds. The third-order valence-electron chi connectivity index (χ3n) is 15.2. The van der Waals surface area contributed by atoms with Crippen LogP contribution in [-0.2, 0) is 52.3 Å². The van der Waals surface area contributed by atoms with E-state index in [0.717, 1.165) is 38.6 Å². The van der Waals surface area contributed by atoms with Gasteiger partial charge in [-0.25, -0.2) is 0 Å². The van der Waals surface area contributed by atoms with Crippen LogP contribution < -0.4 is 5.32 Å². The van der Waals surface area contributed by atoms with Crippen molar-refractivity contribution < 1.29 is 52.3 Å². The van der Waals surface area contributed by atoms with Crippen LogP contribution in [0.1, 0.15) is 113 Å². The third kappa shape index (κ3) is 6.39. The normalized spacial score (nSPS) is 51.2. The third-order valence-corrected chi connectivity index (χ3v) is 15.2. The monoisotopic (exact) mass is 743 g/mol. The highest BCUT2D eigenvalue weighted by Gasteiger charge is 2.68.